The van der Waals surface area contributed by atoms with E-state index < -0.39 is 11.4 Å². The minimum atomic E-state index is -1.35. The number of hydrogen-bond acceptors (Lipinski definition) is 1. The van der Waals surface area contributed by atoms with E-state index in [1.165, 1.54) is 11.6 Å². The molecule has 0 saturated carbocycles. The molecule has 3 heteroatoms. The number of benzene rings is 2. The Kier molecular flexibility index (Phi) is 4.07. The Balaban J connectivity index is 2.48. The van der Waals surface area contributed by atoms with Crippen LogP contribution in [-0.2, 0) is 12.0 Å². The molecule has 1 N–H and O–H groups in total. The first-order valence-corrected chi connectivity index (χ1v) is 7.01. The third kappa shape index (κ3) is 2.88. The van der Waals surface area contributed by atoms with Gasteiger partial charge >= 0.3 is 0 Å². The van der Waals surface area contributed by atoms with Crippen molar-refractivity contribution >= 4 is 15.9 Å². The van der Waals surface area contributed by atoms with Crippen LogP contribution in [-0.4, -0.2) is 5.11 Å². The summed E-state index contributed by atoms with van der Waals surface area (Å²) in [5.41, 5.74) is 0.794. The maximum atomic E-state index is 13.9. The van der Waals surface area contributed by atoms with Gasteiger partial charge in [0.1, 0.15) is 11.4 Å². The van der Waals surface area contributed by atoms with Crippen LogP contribution < -0.4 is 0 Å². The summed E-state index contributed by atoms with van der Waals surface area (Å²) in [4.78, 5) is 0. The molecule has 0 saturated heterocycles. The van der Waals surface area contributed by atoms with Crippen molar-refractivity contribution in [2.75, 3.05) is 0 Å². The van der Waals surface area contributed by atoms with Crippen molar-refractivity contribution in [3.63, 3.8) is 0 Å². The summed E-state index contributed by atoms with van der Waals surface area (Å²) in [5.74, 6) is -0.409. The van der Waals surface area contributed by atoms with Crippen LogP contribution in [0.1, 0.15) is 30.5 Å². The number of rotatable bonds is 3. The van der Waals surface area contributed by atoms with Gasteiger partial charge in [0.2, 0.25) is 0 Å². The Bertz CT molecular complexity index is 576. The molecule has 0 radical (unpaired) electrons. The summed E-state index contributed by atoms with van der Waals surface area (Å²) >= 11 is 3.31. The standard InChI is InChI=1S/C16H16BrFO/c1-3-11-4-6-12(7-5-11)16(2,19)14-10-13(17)8-9-15(14)18/h4-10,19H,3H2,1-2H3. The van der Waals surface area contributed by atoms with Crippen molar-refractivity contribution in [2.24, 2.45) is 0 Å². The SMILES string of the molecule is CCc1ccc(C(C)(O)c2cc(Br)ccc2F)cc1. The van der Waals surface area contributed by atoms with Crippen LogP contribution in [0.4, 0.5) is 4.39 Å². The molecule has 0 aliphatic rings. The average molecular weight is 323 g/mol. The van der Waals surface area contributed by atoms with Gasteiger partial charge in [0.25, 0.3) is 0 Å². The van der Waals surface area contributed by atoms with Crippen LogP contribution in [0.5, 0.6) is 0 Å². The van der Waals surface area contributed by atoms with Gasteiger partial charge in [-0.15, -0.1) is 0 Å². The molecular formula is C16H16BrFO. The molecule has 2 rings (SSSR count). The van der Waals surface area contributed by atoms with Gasteiger partial charge in [0.15, 0.2) is 0 Å². The highest BCUT2D eigenvalue weighted by Gasteiger charge is 2.28. The Morgan fingerprint density at radius 1 is 1.16 bits per heavy atom. The smallest absolute Gasteiger partial charge is 0.129 e. The lowest BCUT2D eigenvalue weighted by molar-refractivity contribution is 0.0979. The lowest BCUT2D eigenvalue weighted by Crippen LogP contribution is -2.24. The van der Waals surface area contributed by atoms with Gasteiger partial charge in [-0.1, -0.05) is 47.1 Å². The molecule has 2 aromatic rings. The van der Waals surface area contributed by atoms with Crippen LogP contribution in [0, 0.1) is 5.82 Å². The third-order valence-electron chi connectivity index (χ3n) is 3.38. The molecule has 0 bridgehead atoms. The van der Waals surface area contributed by atoms with Crippen LogP contribution in [0.25, 0.3) is 0 Å². The molecule has 2 aromatic carbocycles. The van der Waals surface area contributed by atoms with E-state index in [9.17, 15) is 9.50 Å². The molecule has 0 heterocycles. The van der Waals surface area contributed by atoms with Gasteiger partial charge in [-0.25, -0.2) is 4.39 Å². The summed E-state index contributed by atoms with van der Waals surface area (Å²) in [6, 6.07) is 12.2. The van der Waals surface area contributed by atoms with Crippen molar-refractivity contribution in [1.29, 1.82) is 0 Å². The van der Waals surface area contributed by atoms with Crippen molar-refractivity contribution in [2.45, 2.75) is 25.9 Å². The zero-order valence-corrected chi connectivity index (χ0v) is 12.5. The Labute approximate surface area is 121 Å². The molecule has 0 aliphatic heterocycles. The highest BCUT2D eigenvalue weighted by Crippen LogP contribution is 2.32. The Morgan fingerprint density at radius 2 is 1.79 bits per heavy atom. The summed E-state index contributed by atoms with van der Waals surface area (Å²) in [7, 11) is 0. The minimum absolute atomic E-state index is 0.270. The number of hydrogen-bond donors (Lipinski definition) is 1. The fourth-order valence-electron chi connectivity index (χ4n) is 2.09. The molecule has 19 heavy (non-hydrogen) atoms. The van der Waals surface area contributed by atoms with E-state index in [4.69, 9.17) is 0 Å². The number of aliphatic hydroxyl groups is 1. The summed E-state index contributed by atoms with van der Waals surface area (Å²) in [6.07, 6.45) is 0.938. The van der Waals surface area contributed by atoms with Crippen molar-refractivity contribution in [3.05, 3.63) is 69.4 Å². The maximum Gasteiger partial charge on any atom is 0.129 e. The second-order valence-corrected chi connectivity index (χ2v) is 5.66. The molecule has 0 amide bonds. The molecule has 0 spiro atoms. The molecule has 1 nitrogen and oxygen atoms in total. The topological polar surface area (TPSA) is 20.2 Å². The van der Waals surface area contributed by atoms with Crippen molar-refractivity contribution in [3.8, 4) is 0 Å². The summed E-state index contributed by atoms with van der Waals surface area (Å²) < 4.78 is 14.7. The highest BCUT2D eigenvalue weighted by molar-refractivity contribution is 9.10. The zero-order chi connectivity index (χ0) is 14.0. The first-order chi connectivity index (χ1) is 8.95. The Morgan fingerprint density at radius 3 is 2.37 bits per heavy atom. The molecule has 0 fully saturated rings. The maximum absolute atomic E-state index is 13.9. The van der Waals surface area contributed by atoms with Gasteiger partial charge in [-0.05, 0) is 42.7 Å². The monoisotopic (exact) mass is 322 g/mol. The fourth-order valence-corrected chi connectivity index (χ4v) is 2.45. The zero-order valence-electron chi connectivity index (χ0n) is 11.0. The first-order valence-electron chi connectivity index (χ1n) is 6.22. The van der Waals surface area contributed by atoms with E-state index in [0.29, 0.717) is 5.56 Å². The van der Waals surface area contributed by atoms with E-state index in [1.807, 2.05) is 24.3 Å². The van der Waals surface area contributed by atoms with E-state index in [0.717, 1.165) is 10.9 Å². The predicted octanol–water partition coefficient (Wildman–Crippen LogP) is 4.41. The molecule has 0 aromatic heterocycles. The average Bonchev–Trinajstić information content (AvgIpc) is 2.41. The first kappa shape index (κ1) is 14.2. The quantitative estimate of drug-likeness (QED) is 0.887. The lowest BCUT2D eigenvalue weighted by Gasteiger charge is -2.25. The van der Waals surface area contributed by atoms with Gasteiger partial charge in [-0.2, -0.15) is 0 Å². The van der Waals surface area contributed by atoms with E-state index in [-0.39, 0.29) is 5.56 Å². The largest absolute Gasteiger partial charge is 0.381 e. The molecule has 1 unspecified atom stereocenters. The second-order valence-electron chi connectivity index (χ2n) is 4.75. The van der Waals surface area contributed by atoms with Gasteiger partial charge in [0.05, 0.1) is 0 Å². The van der Waals surface area contributed by atoms with Crippen LogP contribution in [0.2, 0.25) is 0 Å². The summed E-state index contributed by atoms with van der Waals surface area (Å²) in [6.45, 7) is 3.68. The van der Waals surface area contributed by atoms with Crippen molar-refractivity contribution < 1.29 is 9.50 Å². The van der Waals surface area contributed by atoms with Crippen molar-refractivity contribution in [1.82, 2.24) is 0 Å². The number of halogens is 2. The van der Waals surface area contributed by atoms with E-state index in [2.05, 4.69) is 22.9 Å². The van der Waals surface area contributed by atoms with Crippen LogP contribution in [0.15, 0.2) is 46.9 Å². The molecular weight excluding hydrogens is 307 g/mol. The molecule has 100 valence electrons. The van der Waals surface area contributed by atoms with Crippen LogP contribution >= 0.6 is 15.9 Å². The third-order valence-corrected chi connectivity index (χ3v) is 3.87. The molecule has 0 aliphatic carbocycles. The minimum Gasteiger partial charge on any atom is -0.381 e. The highest BCUT2D eigenvalue weighted by atomic mass is 79.9. The Hall–Kier alpha value is -1.19. The van der Waals surface area contributed by atoms with Crippen LogP contribution in [0.3, 0.4) is 0 Å². The predicted molar refractivity (Wildman–Crippen MR) is 78.6 cm³/mol. The van der Waals surface area contributed by atoms with Gasteiger partial charge < -0.3 is 5.11 Å². The van der Waals surface area contributed by atoms with E-state index in [1.54, 1.807) is 19.1 Å². The van der Waals surface area contributed by atoms with Gasteiger partial charge in [0, 0.05) is 10.0 Å². The fraction of sp³-hybridized carbons (Fsp3) is 0.250. The summed E-state index contributed by atoms with van der Waals surface area (Å²) in [5, 5.41) is 10.7. The second kappa shape index (κ2) is 5.43. The lowest BCUT2D eigenvalue weighted by atomic mass is 9.87. The number of aryl methyl sites for hydroxylation is 1. The normalized spacial score (nSPS) is 14.2. The molecule has 1 atom stereocenters. The van der Waals surface area contributed by atoms with E-state index >= 15 is 0 Å². The van der Waals surface area contributed by atoms with Gasteiger partial charge in [-0.3, -0.25) is 0 Å².